The van der Waals surface area contributed by atoms with Crippen LogP contribution in [0.3, 0.4) is 0 Å². The molecule has 1 aromatic carbocycles. The van der Waals surface area contributed by atoms with Crippen LogP contribution < -0.4 is 5.73 Å². The first-order valence-corrected chi connectivity index (χ1v) is 7.16. The number of rotatable bonds is 2. The Morgan fingerprint density at radius 2 is 2.10 bits per heavy atom. The molecule has 2 aromatic rings. The summed E-state index contributed by atoms with van der Waals surface area (Å²) in [5.74, 6) is -0.110. The molecule has 1 atom stereocenters. The van der Waals surface area contributed by atoms with Gasteiger partial charge in [-0.05, 0) is 30.7 Å². The first-order chi connectivity index (χ1) is 9.63. The molecule has 0 unspecified atom stereocenters. The second-order valence-electron chi connectivity index (χ2n) is 4.80. The van der Waals surface area contributed by atoms with Gasteiger partial charge in [0.15, 0.2) is 5.69 Å². The van der Waals surface area contributed by atoms with Crippen molar-refractivity contribution < 1.29 is 4.79 Å². The molecule has 20 heavy (non-hydrogen) atoms. The zero-order chi connectivity index (χ0) is 14.1. The second-order valence-corrected chi connectivity index (χ2v) is 5.71. The van der Waals surface area contributed by atoms with Crippen molar-refractivity contribution in [3.63, 3.8) is 0 Å². The lowest BCUT2D eigenvalue weighted by atomic mass is 10.3. The lowest BCUT2D eigenvalue weighted by molar-refractivity contribution is 0.0784. The molecule has 1 aliphatic heterocycles. The molecule has 0 saturated carbocycles. The monoisotopic (exact) mass is 335 g/mol. The van der Waals surface area contributed by atoms with Crippen LogP contribution in [0.2, 0.25) is 0 Å². The van der Waals surface area contributed by atoms with E-state index in [-0.39, 0.29) is 11.9 Å². The van der Waals surface area contributed by atoms with Gasteiger partial charge >= 0.3 is 0 Å². The minimum Gasteiger partial charge on any atom is -0.336 e. The fourth-order valence-corrected chi connectivity index (χ4v) is 2.46. The second kappa shape index (κ2) is 5.34. The lowest BCUT2D eigenvalue weighted by Gasteiger charge is -2.13. The number of hydrogen-bond acceptors (Lipinski definition) is 4. The van der Waals surface area contributed by atoms with E-state index in [1.165, 1.54) is 11.0 Å². The predicted molar refractivity (Wildman–Crippen MR) is 77.6 cm³/mol. The molecule has 7 heteroatoms. The molecular weight excluding hydrogens is 322 g/mol. The third-order valence-corrected chi connectivity index (χ3v) is 3.81. The quantitative estimate of drug-likeness (QED) is 0.894. The van der Waals surface area contributed by atoms with Gasteiger partial charge in [0.1, 0.15) is 0 Å². The number of benzene rings is 1. The zero-order valence-corrected chi connectivity index (χ0v) is 12.3. The number of carbonyl (C=O) groups is 1. The SMILES string of the molecule is N[C@@H]1CCN(C(=O)c2cnn(-c3ccc(Br)cc3)n2)C1. The van der Waals surface area contributed by atoms with Crippen LogP contribution in [0.15, 0.2) is 34.9 Å². The predicted octanol–water partition coefficient (Wildman–Crippen LogP) is 1.20. The highest BCUT2D eigenvalue weighted by atomic mass is 79.9. The van der Waals surface area contributed by atoms with Crippen molar-refractivity contribution in [1.29, 1.82) is 0 Å². The number of halogens is 1. The average Bonchev–Trinajstić information content (AvgIpc) is 3.08. The summed E-state index contributed by atoms with van der Waals surface area (Å²) in [6.45, 7) is 1.27. The highest BCUT2D eigenvalue weighted by Gasteiger charge is 2.26. The van der Waals surface area contributed by atoms with Gasteiger partial charge in [0.05, 0.1) is 11.9 Å². The first-order valence-electron chi connectivity index (χ1n) is 6.36. The number of nitrogens with zero attached hydrogens (tertiary/aromatic N) is 4. The van der Waals surface area contributed by atoms with Gasteiger partial charge in [-0.15, -0.1) is 5.10 Å². The Morgan fingerprint density at radius 3 is 2.75 bits per heavy atom. The van der Waals surface area contributed by atoms with E-state index >= 15 is 0 Å². The number of carbonyl (C=O) groups excluding carboxylic acids is 1. The number of nitrogens with two attached hydrogens (primary N) is 1. The van der Waals surface area contributed by atoms with E-state index in [0.29, 0.717) is 18.8 Å². The van der Waals surface area contributed by atoms with E-state index < -0.39 is 0 Å². The van der Waals surface area contributed by atoms with Crippen LogP contribution in [-0.4, -0.2) is 44.9 Å². The minimum atomic E-state index is -0.110. The van der Waals surface area contributed by atoms with E-state index in [1.807, 2.05) is 24.3 Å². The number of hydrogen-bond donors (Lipinski definition) is 1. The molecule has 0 radical (unpaired) electrons. The van der Waals surface area contributed by atoms with Gasteiger partial charge in [0.2, 0.25) is 0 Å². The third-order valence-electron chi connectivity index (χ3n) is 3.28. The van der Waals surface area contributed by atoms with Crippen molar-refractivity contribution in [1.82, 2.24) is 19.9 Å². The summed E-state index contributed by atoms with van der Waals surface area (Å²) < 4.78 is 0.982. The van der Waals surface area contributed by atoms with Crippen LogP contribution in [0.1, 0.15) is 16.9 Å². The van der Waals surface area contributed by atoms with E-state index in [4.69, 9.17) is 5.73 Å². The summed E-state index contributed by atoms with van der Waals surface area (Å²) in [6, 6.07) is 7.63. The summed E-state index contributed by atoms with van der Waals surface area (Å²) in [6.07, 6.45) is 2.33. The smallest absolute Gasteiger partial charge is 0.276 e. The Morgan fingerprint density at radius 1 is 1.35 bits per heavy atom. The molecule has 1 aromatic heterocycles. The maximum absolute atomic E-state index is 12.2. The topological polar surface area (TPSA) is 77.0 Å². The maximum Gasteiger partial charge on any atom is 0.276 e. The molecule has 0 bridgehead atoms. The summed E-state index contributed by atoms with van der Waals surface area (Å²) in [4.78, 5) is 15.4. The number of likely N-dealkylation sites (tertiary alicyclic amines) is 1. The van der Waals surface area contributed by atoms with Crippen molar-refractivity contribution in [2.24, 2.45) is 5.73 Å². The molecule has 1 amide bonds. The molecule has 1 fully saturated rings. The van der Waals surface area contributed by atoms with Crippen molar-refractivity contribution in [3.05, 3.63) is 40.6 Å². The van der Waals surface area contributed by atoms with E-state index in [0.717, 1.165) is 16.6 Å². The number of amides is 1. The van der Waals surface area contributed by atoms with Crippen molar-refractivity contribution in [3.8, 4) is 5.69 Å². The van der Waals surface area contributed by atoms with Gasteiger partial charge in [-0.2, -0.15) is 9.90 Å². The summed E-state index contributed by atoms with van der Waals surface area (Å²) in [7, 11) is 0. The van der Waals surface area contributed by atoms with Gasteiger partial charge in [-0.25, -0.2) is 0 Å². The summed E-state index contributed by atoms with van der Waals surface area (Å²) in [5, 5.41) is 8.38. The Labute approximate surface area is 124 Å². The molecule has 0 spiro atoms. The molecule has 2 N–H and O–H groups in total. The Bertz CT molecular complexity index is 624. The fourth-order valence-electron chi connectivity index (χ4n) is 2.19. The van der Waals surface area contributed by atoms with Crippen molar-refractivity contribution in [2.75, 3.05) is 13.1 Å². The van der Waals surface area contributed by atoms with E-state index in [2.05, 4.69) is 26.1 Å². The largest absolute Gasteiger partial charge is 0.336 e. The van der Waals surface area contributed by atoms with Crippen LogP contribution >= 0.6 is 15.9 Å². The number of aromatic nitrogens is 3. The average molecular weight is 336 g/mol. The van der Waals surface area contributed by atoms with Crippen LogP contribution in [0.5, 0.6) is 0 Å². The van der Waals surface area contributed by atoms with Gasteiger partial charge in [-0.3, -0.25) is 4.79 Å². The molecule has 6 nitrogen and oxygen atoms in total. The van der Waals surface area contributed by atoms with Gasteiger partial charge in [-0.1, -0.05) is 15.9 Å². The fraction of sp³-hybridized carbons (Fsp3) is 0.308. The highest BCUT2D eigenvalue weighted by molar-refractivity contribution is 9.10. The molecule has 0 aliphatic carbocycles. The molecular formula is C13H14BrN5O. The normalized spacial score (nSPS) is 18.5. The third kappa shape index (κ3) is 2.59. The van der Waals surface area contributed by atoms with Crippen LogP contribution in [0.4, 0.5) is 0 Å². The Hall–Kier alpha value is -1.73. The standard InChI is InChI=1S/C13H14BrN5O/c14-9-1-3-11(4-2-9)19-16-7-12(17-19)13(20)18-6-5-10(15)8-18/h1-4,7,10H,5-6,8,15H2/t10-/m1/s1. The molecule has 1 saturated heterocycles. The van der Waals surface area contributed by atoms with Crippen LogP contribution in [0, 0.1) is 0 Å². The Balaban J connectivity index is 1.79. The molecule has 1 aliphatic rings. The van der Waals surface area contributed by atoms with Gasteiger partial charge in [0, 0.05) is 23.6 Å². The first kappa shape index (κ1) is 13.3. The van der Waals surface area contributed by atoms with Crippen LogP contribution in [0.25, 0.3) is 5.69 Å². The molecule has 3 rings (SSSR count). The summed E-state index contributed by atoms with van der Waals surface area (Å²) >= 11 is 3.37. The van der Waals surface area contributed by atoms with E-state index in [1.54, 1.807) is 4.90 Å². The molecule has 2 heterocycles. The Kier molecular flexibility index (Phi) is 3.54. The van der Waals surface area contributed by atoms with E-state index in [9.17, 15) is 4.79 Å². The lowest BCUT2D eigenvalue weighted by Crippen LogP contribution is -2.32. The van der Waals surface area contributed by atoms with Gasteiger partial charge in [0.25, 0.3) is 5.91 Å². The maximum atomic E-state index is 12.2. The van der Waals surface area contributed by atoms with Gasteiger partial charge < -0.3 is 10.6 Å². The van der Waals surface area contributed by atoms with Crippen molar-refractivity contribution in [2.45, 2.75) is 12.5 Å². The molecule has 104 valence electrons. The van der Waals surface area contributed by atoms with Crippen molar-refractivity contribution >= 4 is 21.8 Å². The summed E-state index contributed by atoms with van der Waals surface area (Å²) in [5.41, 5.74) is 6.97. The van der Waals surface area contributed by atoms with Crippen LogP contribution in [-0.2, 0) is 0 Å². The highest BCUT2D eigenvalue weighted by Crippen LogP contribution is 2.14. The zero-order valence-electron chi connectivity index (χ0n) is 10.7. The minimum absolute atomic E-state index is 0.0699.